The highest BCUT2D eigenvalue weighted by Gasteiger charge is 2.38. The lowest BCUT2D eigenvalue weighted by Crippen LogP contribution is -2.50. The van der Waals surface area contributed by atoms with Crippen molar-refractivity contribution >= 4 is 23.0 Å². The van der Waals surface area contributed by atoms with E-state index in [1.165, 1.54) is 10.9 Å². The number of hydrogen-bond acceptors (Lipinski definition) is 4. The van der Waals surface area contributed by atoms with Crippen LogP contribution in [0.2, 0.25) is 0 Å². The number of rotatable bonds is 3. The molecule has 2 fully saturated rings. The van der Waals surface area contributed by atoms with E-state index in [1.807, 2.05) is 18.5 Å². The predicted octanol–water partition coefficient (Wildman–Crippen LogP) is 2.97. The van der Waals surface area contributed by atoms with Gasteiger partial charge in [0.25, 0.3) is 0 Å². The average Bonchev–Trinajstić information content (AvgIpc) is 2.65. The molecule has 2 aliphatic rings. The zero-order valence-electron chi connectivity index (χ0n) is 16.1. The number of piperidine rings is 1. The average molecular weight is 364 g/mol. The molecule has 1 saturated carbocycles. The third-order valence-corrected chi connectivity index (χ3v) is 6.04. The fraction of sp³-hybridized carbons (Fsp3) is 0.500. The Bertz CT molecular complexity index is 872. The number of aromatic nitrogens is 1. The van der Waals surface area contributed by atoms with Crippen molar-refractivity contribution in [3.8, 4) is 0 Å². The number of pyridine rings is 1. The van der Waals surface area contributed by atoms with Gasteiger partial charge >= 0.3 is 0 Å². The number of carbonyl (C=O) groups excluding carboxylic acids is 1. The highest BCUT2D eigenvalue weighted by Crippen LogP contribution is 2.36. The number of likely N-dealkylation sites (tertiary alicyclic amines) is 1. The van der Waals surface area contributed by atoms with Crippen molar-refractivity contribution in [3.05, 3.63) is 41.6 Å². The Morgan fingerprint density at radius 3 is 2.81 bits per heavy atom. The lowest BCUT2D eigenvalue weighted by atomic mass is 9.78. The maximum atomic E-state index is 12.9. The van der Waals surface area contributed by atoms with Gasteiger partial charge in [-0.1, -0.05) is 25.1 Å². The molecule has 27 heavy (non-hydrogen) atoms. The summed E-state index contributed by atoms with van der Waals surface area (Å²) in [6, 6.07) is 8.64. The van der Waals surface area contributed by atoms with E-state index in [9.17, 15) is 4.79 Å². The number of aliphatic imine (C=N–C) groups is 1. The van der Waals surface area contributed by atoms with Gasteiger partial charge in [0, 0.05) is 61.4 Å². The molecule has 4 rings (SSSR count). The number of amides is 1. The Kier molecular flexibility index (Phi) is 4.96. The van der Waals surface area contributed by atoms with Crippen molar-refractivity contribution in [1.82, 2.24) is 9.88 Å². The number of carbonyl (C=O) groups is 1. The summed E-state index contributed by atoms with van der Waals surface area (Å²) in [5, 5.41) is 1.17. The van der Waals surface area contributed by atoms with Gasteiger partial charge in [0.05, 0.1) is 5.52 Å². The molecule has 1 aromatic heterocycles. The minimum Gasteiger partial charge on any atom is -0.342 e. The van der Waals surface area contributed by atoms with Gasteiger partial charge in [0.15, 0.2) is 0 Å². The molecule has 1 amide bonds. The van der Waals surface area contributed by atoms with Crippen molar-refractivity contribution in [2.75, 3.05) is 20.1 Å². The molecule has 1 aliphatic heterocycles. The fourth-order valence-corrected chi connectivity index (χ4v) is 4.69. The molecule has 1 aromatic carbocycles. The molecule has 2 N–H and O–H groups in total. The van der Waals surface area contributed by atoms with Gasteiger partial charge in [-0.25, -0.2) is 0 Å². The van der Waals surface area contributed by atoms with Crippen LogP contribution in [-0.4, -0.2) is 48.2 Å². The molecule has 0 radical (unpaired) electrons. The predicted molar refractivity (Wildman–Crippen MR) is 109 cm³/mol. The number of nitrogens with two attached hydrogens (primary N) is 1. The third kappa shape index (κ3) is 3.48. The van der Waals surface area contributed by atoms with Crippen molar-refractivity contribution < 1.29 is 4.79 Å². The Hall–Kier alpha value is -2.27. The lowest BCUT2D eigenvalue weighted by Gasteiger charge is -2.41. The van der Waals surface area contributed by atoms with Crippen LogP contribution in [0.1, 0.15) is 43.2 Å². The summed E-state index contributed by atoms with van der Waals surface area (Å²) in [7, 11) is 1.78. The van der Waals surface area contributed by atoms with Crippen molar-refractivity contribution in [3.63, 3.8) is 0 Å². The third-order valence-electron chi connectivity index (χ3n) is 6.04. The lowest BCUT2D eigenvalue weighted by molar-refractivity contribution is -0.140. The molecule has 1 aliphatic carbocycles. The Labute approximate surface area is 160 Å². The second-order valence-corrected chi connectivity index (χ2v) is 8.24. The van der Waals surface area contributed by atoms with Crippen LogP contribution >= 0.6 is 0 Å². The van der Waals surface area contributed by atoms with E-state index in [0.717, 1.165) is 43.4 Å². The van der Waals surface area contributed by atoms with E-state index >= 15 is 0 Å². The SMILES string of the molecule is C/N=C/c1ccc([C@@H]2C[C@@H](C)CN(C(=O)C3CC(N)C3)C2)c2cccnc12. The van der Waals surface area contributed by atoms with Gasteiger partial charge in [0.1, 0.15) is 0 Å². The van der Waals surface area contributed by atoms with Crippen LogP contribution in [0.5, 0.6) is 0 Å². The van der Waals surface area contributed by atoms with E-state index in [1.54, 1.807) is 7.05 Å². The summed E-state index contributed by atoms with van der Waals surface area (Å²) in [5.41, 5.74) is 9.21. The van der Waals surface area contributed by atoms with Crippen molar-refractivity contribution in [2.45, 2.75) is 38.1 Å². The maximum absolute atomic E-state index is 12.9. The molecule has 142 valence electrons. The van der Waals surface area contributed by atoms with Crippen LogP contribution in [-0.2, 0) is 4.79 Å². The summed E-state index contributed by atoms with van der Waals surface area (Å²) in [6.45, 7) is 3.90. The van der Waals surface area contributed by atoms with Crippen LogP contribution in [0.3, 0.4) is 0 Å². The van der Waals surface area contributed by atoms with Gasteiger partial charge in [-0.3, -0.25) is 14.8 Å². The van der Waals surface area contributed by atoms with Crippen LogP contribution in [0, 0.1) is 11.8 Å². The minimum absolute atomic E-state index is 0.132. The standard InChI is InChI=1S/C22H28N4O/c1-14-8-17(13-26(12-14)22(27)16-9-18(23)10-16)19-6-5-15(11-24-2)21-20(19)4-3-7-25-21/h3-7,11,14,16-18H,8-10,12-13,23H2,1-2H3/b24-11+/t14-,16?,17-,18?/m1/s1. The topological polar surface area (TPSA) is 71.6 Å². The van der Waals surface area contributed by atoms with Gasteiger partial charge in [-0.2, -0.15) is 0 Å². The molecule has 0 bridgehead atoms. The van der Waals surface area contributed by atoms with Crippen molar-refractivity contribution in [1.29, 1.82) is 0 Å². The first-order chi connectivity index (χ1) is 13.1. The molecule has 5 nitrogen and oxygen atoms in total. The quantitative estimate of drug-likeness (QED) is 0.851. The number of hydrogen-bond donors (Lipinski definition) is 1. The second-order valence-electron chi connectivity index (χ2n) is 8.24. The molecule has 0 spiro atoms. The Morgan fingerprint density at radius 1 is 1.26 bits per heavy atom. The minimum atomic E-state index is 0.132. The second kappa shape index (κ2) is 7.39. The van der Waals surface area contributed by atoms with Gasteiger partial charge in [0.2, 0.25) is 5.91 Å². The van der Waals surface area contributed by atoms with E-state index < -0.39 is 0 Å². The molecule has 2 atom stereocenters. The van der Waals surface area contributed by atoms with Gasteiger partial charge in [-0.05, 0) is 36.8 Å². The van der Waals surface area contributed by atoms with E-state index in [2.05, 4.69) is 40.0 Å². The van der Waals surface area contributed by atoms with E-state index in [4.69, 9.17) is 5.73 Å². The van der Waals surface area contributed by atoms with Crippen LogP contribution < -0.4 is 5.73 Å². The first-order valence-electron chi connectivity index (χ1n) is 9.91. The molecular formula is C22H28N4O. The smallest absolute Gasteiger partial charge is 0.225 e. The largest absolute Gasteiger partial charge is 0.342 e. The Morgan fingerprint density at radius 2 is 2.07 bits per heavy atom. The van der Waals surface area contributed by atoms with Gasteiger partial charge < -0.3 is 10.6 Å². The van der Waals surface area contributed by atoms with Crippen molar-refractivity contribution in [2.24, 2.45) is 22.6 Å². The number of fused-ring (bicyclic) bond motifs is 1. The maximum Gasteiger partial charge on any atom is 0.225 e. The summed E-state index contributed by atoms with van der Waals surface area (Å²) in [5.74, 6) is 1.26. The monoisotopic (exact) mass is 364 g/mol. The molecule has 2 aromatic rings. The molecular weight excluding hydrogens is 336 g/mol. The fourth-order valence-electron chi connectivity index (χ4n) is 4.69. The van der Waals surface area contributed by atoms with Crippen LogP contribution in [0.25, 0.3) is 10.9 Å². The first-order valence-corrected chi connectivity index (χ1v) is 9.91. The highest BCUT2D eigenvalue weighted by atomic mass is 16.2. The molecule has 0 unspecified atom stereocenters. The van der Waals surface area contributed by atoms with Gasteiger partial charge in [-0.15, -0.1) is 0 Å². The normalized spacial score (nSPS) is 28.5. The number of nitrogens with zero attached hydrogens (tertiary/aromatic N) is 3. The summed E-state index contributed by atoms with van der Waals surface area (Å²) in [6.07, 6.45) is 6.47. The zero-order valence-corrected chi connectivity index (χ0v) is 16.1. The first kappa shape index (κ1) is 18.1. The highest BCUT2D eigenvalue weighted by molar-refractivity contribution is 5.99. The Balaban J connectivity index is 1.64. The van der Waals surface area contributed by atoms with E-state index in [-0.39, 0.29) is 12.0 Å². The number of benzene rings is 1. The zero-order chi connectivity index (χ0) is 19.0. The molecule has 2 heterocycles. The molecule has 5 heteroatoms. The van der Waals surface area contributed by atoms with Crippen LogP contribution in [0.4, 0.5) is 0 Å². The summed E-state index contributed by atoms with van der Waals surface area (Å²) >= 11 is 0. The van der Waals surface area contributed by atoms with E-state index in [0.29, 0.717) is 17.7 Å². The molecule has 1 saturated heterocycles. The van der Waals surface area contributed by atoms with Crippen LogP contribution in [0.15, 0.2) is 35.5 Å². The summed E-state index contributed by atoms with van der Waals surface area (Å²) < 4.78 is 0. The summed E-state index contributed by atoms with van der Waals surface area (Å²) in [4.78, 5) is 23.7.